The highest BCUT2D eigenvalue weighted by Crippen LogP contribution is 2.46. The molecule has 5 aromatic rings. The molecular weight excluding hydrogens is 436 g/mol. The summed E-state index contributed by atoms with van der Waals surface area (Å²) in [7, 11) is 0. The minimum Gasteiger partial charge on any atom is -0.338 e. The van der Waals surface area contributed by atoms with Crippen LogP contribution >= 0.6 is 12.4 Å². The van der Waals surface area contributed by atoms with E-state index in [9.17, 15) is 9.59 Å². The van der Waals surface area contributed by atoms with Gasteiger partial charge in [0.25, 0.3) is 11.8 Å². The van der Waals surface area contributed by atoms with Gasteiger partial charge in [-0.25, -0.2) is 0 Å². The molecular formula is C26H21ClN4O2. The van der Waals surface area contributed by atoms with Gasteiger partial charge >= 0.3 is 0 Å². The van der Waals surface area contributed by atoms with Crippen molar-refractivity contribution in [1.82, 2.24) is 19.8 Å². The van der Waals surface area contributed by atoms with Crippen LogP contribution in [-0.2, 0) is 26.1 Å². The zero-order valence-corrected chi connectivity index (χ0v) is 18.6. The Bertz CT molecular complexity index is 1730. The fourth-order valence-corrected chi connectivity index (χ4v) is 6.54. The zero-order valence-electron chi connectivity index (χ0n) is 17.8. The van der Waals surface area contributed by atoms with E-state index < -0.39 is 0 Å². The molecule has 0 aliphatic carbocycles. The summed E-state index contributed by atoms with van der Waals surface area (Å²) in [6.45, 7) is 3.42. The van der Waals surface area contributed by atoms with E-state index in [2.05, 4.69) is 56.2 Å². The molecule has 7 heteroatoms. The third-order valence-electron chi connectivity index (χ3n) is 7.64. The maximum Gasteiger partial charge on any atom is 0.259 e. The number of para-hydroxylation sites is 2. The molecule has 5 heterocycles. The number of carbonyl (C=O) groups is 2. The summed E-state index contributed by atoms with van der Waals surface area (Å²) in [5.41, 5.74) is 8.28. The number of rotatable bonds is 0. The Morgan fingerprint density at radius 2 is 1.33 bits per heavy atom. The van der Waals surface area contributed by atoms with Crippen molar-refractivity contribution in [3.05, 3.63) is 58.7 Å². The van der Waals surface area contributed by atoms with Crippen LogP contribution in [0.3, 0.4) is 0 Å². The molecule has 2 N–H and O–H groups in total. The lowest BCUT2D eigenvalue weighted by molar-refractivity contribution is 0.0880. The number of nitrogens with one attached hydrogen (secondary N) is 2. The standard InChI is InChI=1S/C26H20N4O2.ClH/c31-25-19-17-15-7-1-4-13-6-3-10-29(21(13)15)23(17)24-18(20(19)26(32)28-25)16-8-2-5-14-12-27-9-11-30(24)22(14)16;/h1-2,4-5,7-8,27H,3,6,9-12H2,(H,28,31,32);1H. The van der Waals surface area contributed by atoms with E-state index in [0.29, 0.717) is 11.1 Å². The number of aryl methyl sites for hydroxylation is 2. The van der Waals surface area contributed by atoms with Crippen LogP contribution in [-0.4, -0.2) is 27.5 Å². The summed E-state index contributed by atoms with van der Waals surface area (Å²) in [5.74, 6) is -0.546. The van der Waals surface area contributed by atoms with Crippen molar-refractivity contribution in [2.45, 2.75) is 32.5 Å². The number of hydrogen-bond donors (Lipinski definition) is 2. The second-order valence-corrected chi connectivity index (χ2v) is 9.19. The second-order valence-electron chi connectivity index (χ2n) is 9.19. The van der Waals surface area contributed by atoms with Crippen molar-refractivity contribution < 1.29 is 9.59 Å². The van der Waals surface area contributed by atoms with Gasteiger partial charge in [0, 0.05) is 47.7 Å². The number of nitrogens with zero attached hydrogens (tertiary/aromatic N) is 2. The van der Waals surface area contributed by atoms with Gasteiger partial charge in [0.2, 0.25) is 0 Å². The summed E-state index contributed by atoms with van der Waals surface area (Å²) in [6.07, 6.45) is 2.12. The number of imide groups is 1. The van der Waals surface area contributed by atoms with Crippen LogP contribution in [0.25, 0.3) is 43.6 Å². The Labute approximate surface area is 194 Å². The van der Waals surface area contributed by atoms with Crippen molar-refractivity contribution in [2.24, 2.45) is 0 Å². The number of hydrogen-bond acceptors (Lipinski definition) is 3. The normalized spacial score (nSPS) is 17.0. The number of fused-ring (bicyclic) bond motifs is 10. The molecule has 3 aromatic carbocycles. The van der Waals surface area contributed by atoms with Gasteiger partial charge in [-0.05, 0) is 24.0 Å². The summed E-state index contributed by atoms with van der Waals surface area (Å²) in [5, 5.41) is 10.2. The van der Waals surface area contributed by atoms with Crippen LogP contribution in [0, 0.1) is 0 Å². The predicted molar refractivity (Wildman–Crippen MR) is 132 cm³/mol. The molecule has 0 atom stereocenters. The van der Waals surface area contributed by atoms with Gasteiger partial charge in [-0.1, -0.05) is 36.4 Å². The highest BCUT2D eigenvalue weighted by Gasteiger charge is 2.37. The summed E-state index contributed by atoms with van der Waals surface area (Å²) >= 11 is 0. The average molecular weight is 457 g/mol. The van der Waals surface area contributed by atoms with Crippen LogP contribution in [0.1, 0.15) is 38.3 Å². The van der Waals surface area contributed by atoms with E-state index >= 15 is 0 Å². The molecule has 0 saturated heterocycles. The molecule has 33 heavy (non-hydrogen) atoms. The molecule has 0 spiro atoms. The van der Waals surface area contributed by atoms with Crippen LogP contribution in [0.15, 0.2) is 36.4 Å². The highest BCUT2D eigenvalue weighted by atomic mass is 35.5. The van der Waals surface area contributed by atoms with Crippen molar-refractivity contribution >= 4 is 67.8 Å². The van der Waals surface area contributed by atoms with E-state index in [1.165, 1.54) is 22.2 Å². The molecule has 164 valence electrons. The molecule has 0 radical (unpaired) electrons. The first-order valence-corrected chi connectivity index (χ1v) is 11.3. The number of carbonyl (C=O) groups excluding carboxylic acids is 2. The molecule has 2 amide bonds. The minimum atomic E-state index is -0.275. The first-order valence-electron chi connectivity index (χ1n) is 11.3. The largest absolute Gasteiger partial charge is 0.338 e. The summed E-state index contributed by atoms with van der Waals surface area (Å²) < 4.78 is 4.82. The molecule has 3 aliphatic rings. The second kappa shape index (κ2) is 6.37. The molecule has 0 saturated carbocycles. The van der Waals surface area contributed by atoms with Gasteiger partial charge in [-0.3, -0.25) is 14.9 Å². The minimum absolute atomic E-state index is 0. The van der Waals surface area contributed by atoms with E-state index in [1.807, 2.05) is 0 Å². The Kier molecular flexibility index (Phi) is 3.70. The third kappa shape index (κ3) is 2.13. The summed E-state index contributed by atoms with van der Waals surface area (Å²) in [6, 6.07) is 12.7. The first kappa shape index (κ1) is 19.1. The van der Waals surface area contributed by atoms with Crippen LogP contribution in [0.2, 0.25) is 0 Å². The number of benzene rings is 3. The van der Waals surface area contributed by atoms with Gasteiger partial charge in [-0.2, -0.15) is 0 Å². The molecule has 2 aromatic heterocycles. The van der Waals surface area contributed by atoms with E-state index in [-0.39, 0.29) is 24.2 Å². The molecule has 6 nitrogen and oxygen atoms in total. The smallest absolute Gasteiger partial charge is 0.259 e. The average Bonchev–Trinajstić information content (AvgIpc) is 3.33. The lowest BCUT2D eigenvalue weighted by Gasteiger charge is -2.17. The molecule has 0 bridgehead atoms. The number of halogens is 1. The zero-order chi connectivity index (χ0) is 21.1. The highest BCUT2D eigenvalue weighted by molar-refractivity contribution is 6.39. The molecule has 8 rings (SSSR count). The Balaban J connectivity index is 0.00000190. The van der Waals surface area contributed by atoms with Crippen molar-refractivity contribution in [3.8, 4) is 0 Å². The lowest BCUT2D eigenvalue weighted by Crippen LogP contribution is -2.20. The third-order valence-corrected chi connectivity index (χ3v) is 7.64. The SMILES string of the molecule is Cl.O=C1NC(=O)c2c1c1c3cccc4c3n(c1c1c2c2cccc3c2n1CCNC3)CCC4. The van der Waals surface area contributed by atoms with Crippen LogP contribution in [0.4, 0.5) is 0 Å². The van der Waals surface area contributed by atoms with E-state index in [0.717, 1.165) is 71.6 Å². The van der Waals surface area contributed by atoms with Crippen molar-refractivity contribution in [2.75, 3.05) is 6.54 Å². The van der Waals surface area contributed by atoms with Gasteiger partial charge in [0.15, 0.2) is 0 Å². The van der Waals surface area contributed by atoms with E-state index in [4.69, 9.17) is 0 Å². The fraction of sp³-hybridized carbons (Fsp3) is 0.231. The molecule has 3 aliphatic heterocycles. The first-order chi connectivity index (χ1) is 15.7. The monoisotopic (exact) mass is 456 g/mol. The predicted octanol–water partition coefficient (Wildman–Crippen LogP) is 4.26. The van der Waals surface area contributed by atoms with Gasteiger partial charge in [-0.15, -0.1) is 12.4 Å². The van der Waals surface area contributed by atoms with Gasteiger partial charge in [0.1, 0.15) is 0 Å². The maximum absolute atomic E-state index is 13.2. The number of aromatic nitrogens is 2. The van der Waals surface area contributed by atoms with Crippen LogP contribution < -0.4 is 10.6 Å². The Morgan fingerprint density at radius 1 is 0.727 bits per heavy atom. The summed E-state index contributed by atoms with van der Waals surface area (Å²) in [4.78, 5) is 26.3. The maximum atomic E-state index is 13.2. The lowest BCUT2D eigenvalue weighted by atomic mass is 9.96. The topological polar surface area (TPSA) is 68.1 Å². The quantitative estimate of drug-likeness (QED) is 0.342. The van der Waals surface area contributed by atoms with Crippen molar-refractivity contribution in [1.29, 1.82) is 0 Å². The Morgan fingerprint density at radius 3 is 2.03 bits per heavy atom. The molecule has 0 unspecified atom stereocenters. The number of amides is 2. The Hall–Kier alpha value is -3.35. The molecule has 0 fully saturated rings. The van der Waals surface area contributed by atoms with Gasteiger partial charge < -0.3 is 14.5 Å². The van der Waals surface area contributed by atoms with Crippen LogP contribution in [0.5, 0.6) is 0 Å². The van der Waals surface area contributed by atoms with Gasteiger partial charge in [0.05, 0.1) is 33.2 Å². The van der Waals surface area contributed by atoms with E-state index in [1.54, 1.807) is 0 Å². The fourth-order valence-electron chi connectivity index (χ4n) is 6.54. The van der Waals surface area contributed by atoms with Crippen molar-refractivity contribution in [3.63, 3.8) is 0 Å².